The van der Waals surface area contributed by atoms with Crippen LogP contribution < -0.4 is 10.6 Å². The number of carboxylic acids is 1. The second-order valence-electron chi connectivity index (χ2n) is 12.7. The molecule has 0 saturated heterocycles. The third-order valence-electron chi connectivity index (χ3n) is 7.89. The predicted octanol–water partition coefficient (Wildman–Crippen LogP) is 4.17. The van der Waals surface area contributed by atoms with Crippen molar-refractivity contribution in [2.24, 2.45) is 24.3 Å². The molecule has 1 aromatic carbocycles. The van der Waals surface area contributed by atoms with Crippen molar-refractivity contribution in [1.82, 2.24) is 20.1 Å². The van der Waals surface area contributed by atoms with E-state index < -0.39 is 34.8 Å². The molecule has 1 aromatic heterocycles. The lowest BCUT2D eigenvalue weighted by Crippen LogP contribution is -2.61. The van der Waals surface area contributed by atoms with Crippen LogP contribution in [0.4, 0.5) is 0 Å². The smallest absolute Gasteiger partial charge is 0.306 e. The van der Waals surface area contributed by atoms with Crippen molar-refractivity contribution in [2.45, 2.75) is 85.4 Å². The summed E-state index contributed by atoms with van der Waals surface area (Å²) in [5.74, 6) is -1.90. The number of rotatable bonds is 11. The lowest BCUT2D eigenvalue weighted by Gasteiger charge is -2.40. The van der Waals surface area contributed by atoms with Crippen LogP contribution in [0.15, 0.2) is 30.5 Å². The van der Waals surface area contributed by atoms with E-state index in [-0.39, 0.29) is 23.8 Å². The number of hydrogen-bond donors (Lipinski definition) is 3. The number of carbonyl (C=O) groups is 3. The predicted molar refractivity (Wildman–Crippen MR) is 153 cm³/mol. The largest absolute Gasteiger partial charge is 0.481 e. The van der Waals surface area contributed by atoms with Crippen LogP contribution in [0.5, 0.6) is 0 Å². The summed E-state index contributed by atoms with van der Waals surface area (Å²) in [6.45, 7) is 15.5. The van der Waals surface area contributed by atoms with Crippen LogP contribution in [0, 0.1) is 17.3 Å². The van der Waals surface area contributed by atoms with Gasteiger partial charge in [-0.25, -0.2) is 0 Å². The number of hydrogen-bond acceptors (Lipinski definition) is 4. The zero-order valence-electron chi connectivity index (χ0n) is 25.0. The number of para-hydroxylation sites is 1. The highest BCUT2D eigenvalue weighted by Gasteiger charge is 2.42. The Morgan fingerprint density at radius 1 is 1.03 bits per heavy atom. The number of amides is 2. The summed E-state index contributed by atoms with van der Waals surface area (Å²) in [5, 5.41) is 16.8. The van der Waals surface area contributed by atoms with E-state index in [2.05, 4.69) is 33.5 Å². The Morgan fingerprint density at radius 2 is 1.61 bits per heavy atom. The number of carbonyl (C=O) groups excluding carboxylic acids is 2. The second kappa shape index (κ2) is 11.9. The van der Waals surface area contributed by atoms with Crippen molar-refractivity contribution < 1.29 is 19.5 Å². The molecule has 4 atom stereocenters. The van der Waals surface area contributed by atoms with Crippen molar-refractivity contribution in [2.75, 3.05) is 14.1 Å². The molecule has 0 aliphatic carbocycles. The Bertz CT molecular complexity index is 1140. The fourth-order valence-corrected chi connectivity index (χ4v) is 5.41. The van der Waals surface area contributed by atoms with Gasteiger partial charge < -0.3 is 25.2 Å². The van der Waals surface area contributed by atoms with Crippen molar-refractivity contribution >= 4 is 28.7 Å². The molecule has 38 heavy (non-hydrogen) atoms. The first-order valence-corrected chi connectivity index (χ1v) is 13.5. The Balaban J connectivity index is 2.39. The molecule has 8 heteroatoms. The van der Waals surface area contributed by atoms with Gasteiger partial charge in [-0.1, -0.05) is 73.6 Å². The van der Waals surface area contributed by atoms with Gasteiger partial charge in [-0.05, 0) is 36.4 Å². The first-order valence-electron chi connectivity index (χ1n) is 13.5. The van der Waals surface area contributed by atoms with E-state index in [1.807, 2.05) is 67.6 Å². The van der Waals surface area contributed by atoms with Gasteiger partial charge in [0.25, 0.3) is 0 Å². The van der Waals surface area contributed by atoms with E-state index in [1.54, 1.807) is 25.9 Å². The normalized spacial score (nSPS) is 15.7. The fourth-order valence-electron chi connectivity index (χ4n) is 5.41. The summed E-state index contributed by atoms with van der Waals surface area (Å²) in [6.07, 6.45) is 2.41. The average Bonchev–Trinajstić information content (AvgIpc) is 3.16. The maximum Gasteiger partial charge on any atom is 0.306 e. The van der Waals surface area contributed by atoms with Crippen LogP contribution in [-0.2, 0) is 26.8 Å². The second-order valence-corrected chi connectivity index (χ2v) is 12.7. The molecule has 2 aromatic rings. The molecule has 3 N–H and O–H groups in total. The van der Waals surface area contributed by atoms with Crippen LogP contribution in [0.2, 0.25) is 0 Å². The van der Waals surface area contributed by atoms with Gasteiger partial charge in [0.1, 0.15) is 6.04 Å². The molecule has 212 valence electrons. The van der Waals surface area contributed by atoms with Crippen LogP contribution >= 0.6 is 0 Å². The number of aryl methyl sites for hydroxylation is 1. The number of nitrogens with zero attached hydrogens (tertiary/aromatic N) is 2. The van der Waals surface area contributed by atoms with Crippen LogP contribution in [0.3, 0.4) is 0 Å². The SMILES string of the molecule is CN[C@H](C(=O)N[C@H](C(=O)N(C)[C@H](CC(C)C(=O)O)C(C)C)C(C)(C)C)C(C)(C)c1cn(C)c2ccccc12. The number of aromatic nitrogens is 1. The van der Waals surface area contributed by atoms with E-state index in [4.69, 9.17) is 0 Å². The topological polar surface area (TPSA) is 104 Å². The average molecular weight is 529 g/mol. The number of carboxylic acid groups (broad SMARTS) is 1. The van der Waals surface area contributed by atoms with Gasteiger partial charge in [0.2, 0.25) is 11.8 Å². The first-order chi connectivity index (χ1) is 17.4. The third-order valence-corrected chi connectivity index (χ3v) is 7.89. The highest BCUT2D eigenvalue weighted by Crippen LogP contribution is 2.35. The molecule has 0 fully saturated rings. The zero-order chi connectivity index (χ0) is 29.2. The van der Waals surface area contributed by atoms with Gasteiger partial charge in [-0.15, -0.1) is 0 Å². The van der Waals surface area contributed by atoms with Gasteiger partial charge in [-0.3, -0.25) is 14.4 Å². The van der Waals surface area contributed by atoms with Crippen LogP contribution in [0.1, 0.15) is 67.4 Å². The van der Waals surface area contributed by atoms with Gasteiger partial charge in [0.05, 0.1) is 12.0 Å². The van der Waals surface area contributed by atoms with E-state index in [1.165, 1.54) is 0 Å². The molecule has 0 aliphatic heterocycles. The molecular formula is C30H48N4O4. The Kier molecular flexibility index (Phi) is 9.81. The van der Waals surface area contributed by atoms with Crippen molar-refractivity contribution in [3.8, 4) is 0 Å². The van der Waals surface area contributed by atoms with Gasteiger partial charge in [0, 0.05) is 42.7 Å². The quantitative estimate of drug-likeness (QED) is 0.406. The van der Waals surface area contributed by atoms with Crippen LogP contribution in [-0.4, -0.2) is 64.6 Å². The number of benzene rings is 1. The summed E-state index contributed by atoms with van der Waals surface area (Å²) >= 11 is 0. The summed E-state index contributed by atoms with van der Waals surface area (Å²) in [4.78, 5) is 40.9. The molecule has 1 heterocycles. The minimum absolute atomic E-state index is 0.0532. The fraction of sp³-hybridized carbons (Fsp3) is 0.633. The zero-order valence-corrected chi connectivity index (χ0v) is 25.0. The number of aliphatic carboxylic acids is 1. The molecule has 8 nitrogen and oxygen atoms in total. The van der Waals surface area contributed by atoms with E-state index in [0.717, 1.165) is 16.5 Å². The number of fused-ring (bicyclic) bond motifs is 1. The number of nitrogens with one attached hydrogen (secondary N) is 2. The summed E-state index contributed by atoms with van der Waals surface area (Å²) < 4.78 is 2.07. The minimum Gasteiger partial charge on any atom is -0.481 e. The van der Waals surface area contributed by atoms with E-state index in [0.29, 0.717) is 6.42 Å². The molecule has 0 aliphatic rings. The lowest BCUT2D eigenvalue weighted by atomic mass is 9.76. The van der Waals surface area contributed by atoms with Gasteiger partial charge >= 0.3 is 5.97 Å². The maximum absolute atomic E-state index is 13.9. The minimum atomic E-state index is -0.885. The van der Waals surface area contributed by atoms with Gasteiger partial charge in [-0.2, -0.15) is 0 Å². The summed E-state index contributed by atoms with van der Waals surface area (Å²) in [7, 11) is 5.47. The molecule has 0 bridgehead atoms. The molecule has 1 unspecified atom stereocenters. The standard InChI is InChI=1S/C30H48N4O4/c1-18(2)23(16-19(3)28(37)38)34(11)27(36)25(29(4,5)6)32-26(35)24(31-9)30(7,8)21-17-33(10)22-15-13-12-14-20(21)22/h12-15,17-19,23-25,31H,16H2,1-11H3,(H,32,35)(H,37,38)/t19?,23-,24-,25-/m1/s1. The summed E-state index contributed by atoms with van der Waals surface area (Å²) in [6, 6.07) is 6.45. The Hall–Kier alpha value is -2.87. The molecule has 2 rings (SSSR count). The Labute approximate surface area is 228 Å². The molecule has 0 spiro atoms. The maximum atomic E-state index is 13.9. The van der Waals surface area contributed by atoms with Crippen molar-refractivity contribution in [1.29, 1.82) is 0 Å². The Morgan fingerprint density at radius 3 is 2.11 bits per heavy atom. The molecule has 0 radical (unpaired) electrons. The molecule has 2 amide bonds. The van der Waals surface area contributed by atoms with E-state index in [9.17, 15) is 19.5 Å². The lowest BCUT2D eigenvalue weighted by molar-refractivity contribution is -0.145. The number of likely N-dealkylation sites (N-methyl/N-ethyl adjacent to an activating group) is 2. The highest BCUT2D eigenvalue weighted by molar-refractivity contribution is 5.92. The monoisotopic (exact) mass is 528 g/mol. The first kappa shape index (κ1) is 31.3. The highest BCUT2D eigenvalue weighted by atomic mass is 16.4. The van der Waals surface area contributed by atoms with Crippen LogP contribution in [0.25, 0.3) is 10.9 Å². The molecular weight excluding hydrogens is 480 g/mol. The van der Waals surface area contributed by atoms with Gasteiger partial charge in [0.15, 0.2) is 0 Å². The van der Waals surface area contributed by atoms with Crippen molar-refractivity contribution in [3.63, 3.8) is 0 Å². The van der Waals surface area contributed by atoms with E-state index >= 15 is 0 Å². The van der Waals surface area contributed by atoms with Crippen molar-refractivity contribution in [3.05, 3.63) is 36.0 Å². The summed E-state index contributed by atoms with van der Waals surface area (Å²) in [5.41, 5.74) is 0.978. The molecule has 0 saturated carbocycles. The third kappa shape index (κ3) is 6.57.